The van der Waals surface area contributed by atoms with Crippen molar-refractivity contribution in [2.45, 2.75) is 50.4 Å². The normalized spacial score (nSPS) is 37.2. The number of aliphatic hydroxyl groups is 1. The number of rotatable bonds is 2. The summed E-state index contributed by atoms with van der Waals surface area (Å²) in [6.07, 6.45) is 6.55. The second-order valence-corrected chi connectivity index (χ2v) is 6.02. The van der Waals surface area contributed by atoms with Crippen LogP contribution in [0.1, 0.15) is 38.5 Å². The molecule has 4 heteroatoms. The Morgan fingerprint density at radius 3 is 2.39 bits per heavy atom. The van der Waals surface area contributed by atoms with Crippen molar-refractivity contribution in [3.05, 3.63) is 0 Å². The fraction of sp³-hybridized carbons (Fsp3) is 1.00. The molecule has 2 heterocycles. The molecule has 4 nitrogen and oxygen atoms in total. The lowest BCUT2D eigenvalue weighted by atomic mass is 9.85. The summed E-state index contributed by atoms with van der Waals surface area (Å²) in [6.45, 7) is 4.65. The number of nitrogens with zero attached hydrogens (tertiary/aromatic N) is 1. The van der Waals surface area contributed by atoms with Gasteiger partial charge in [-0.05, 0) is 18.8 Å². The lowest BCUT2D eigenvalue weighted by molar-refractivity contribution is -0.186. The molecule has 1 N–H and O–H groups in total. The molecule has 1 aliphatic carbocycles. The van der Waals surface area contributed by atoms with Gasteiger partial charge in [0, 0.05) is 32.5 Å². The molecule has 0 amide bonds. The maximum Gasteiger partial charge on any atom is 0.170 e. The van der Waals surface area contributed by atoms with Gasteiger partial charge in [-0.25, -0.2) is 0 Å². The molecular weight excluding hydrogens is 230 g/mol. The summed E-state index contributed by atoms with van der Waals surface area (Å²) in [5, 5.41) is 10.0. The van der Waals surface area contributed by atoms with Crippen molar-refractivity contribution < 1.29 is 14.6 Å². The predicted molar refractivity (Wildman–Crippen MR) is 68.3 cm³/mol. The van der Waals surface area contributed by atoms with Crippen molar-refractivity contribution in [2.24, 2.45) is 5.92 Å². The number of hydrogen-bond acceptors (Lipinski definition) is 4. The van der Waals surface area contributed by atoms with E-state index in [9.17, 15) is 5.11 Å². The maximum absolute atomic E-state index is 10.0. The van der Waals surface area contributed by atoms with Gasteiger partial charge in [0.15, 0.2) is 5.79 Å². The molecule has 3 fully saturated rings. The van der Waals surface area contributed by atoms with Crippen LogP contribution in [0.15, 0.2) is 0 Å². The highest BCUT2D eigenvalue weighted by Crippen LogP contribution is 2.32. The first-order valence-electron chi connectivity index (χ1n) is 7.46. The van der Waals surface area contributed by atoms with E-state index in [1.165, 1.54) is 19.3 Å². The molecule has 18 heavy (non-hydrogen) atoms. The van der Waals surface area contributed by atoms with Gasteiger partial charge in [-0.3, -0.25) is 0 Å². The van der Waals surface area contributed by atoms with Gasteiger partial charge in [0.2, 0.25) is 0 Å². The predicted octanol–water partition coefficient (Wildman–Crippen LogP) is 1.38. The van der Waals surface area contributed by atoms with Crippen molar-refractivity contribution in [3.63, 3.8) is 0 Å². The Balaban J connectivity index is 1.47. The molecule has 0 radical (unpaired) electrons. The van der Waals surface area contributed by atoms with Crippen LogP contribution in [0.2, 0.25) is 0 Å². The van der Waals surface area contributed by atoms with Crippen LogP contribution in [0.4, 0.5) is 0 Å². The van der Waals surface area contributed by atoms with E-state index in [2.05, 4.69) is 4.90 Å². The average Bonchev–Trinajstić information content (AvgIpc) is 2.84. The smallest absolute Gasteiger partial charge is 0.170 e. The van der Waals surface area contributed by atoms with Crippen LogP contribution in [-0.4, -0.2) is 54.7 Å². The van der Waals surface area contributed by atoms with Crippen LogP contribution in [0.25, 0.3) is 0 Å². The molecule has 0 aromatic rings. The first kappa shape index (κ1) is 12.9. The van der Waals surface area contributed by atoms with Crippen molar-refractivity contribution in [1.29, 1.82) is 0 Å². The number of piperidine rings is 1. The lowest BCUT2D eigenvalue weighted by Gasteiger charge is -2.40. The summed E-state index contributed by atoms with van der Waals surface area (Å²) in [5.41, 5.74) is 0. The minimum absolute atomic E-state index is 0.0754. The van der Waals surface area contributed by atoms with E-state index in [4.69, 9.17) is 9.47 Å². The van der Waals surface area contributed by atoms with Gasteiger partial charge in [0.1, 0.15) is 0 Å². The van der Waals surface area contributed by atoms with Gasteiger partial charge in [-0.2, -0.15) is 0 Å². The molecule has 0 aromatic carbocycles. The molecule has 2 atom stereocenters. The highest BCUT2D eigenvalue weighted by atomic mass is 16.7. The summed E-state index contributed by atoms with van der Waals surface area (Å²) < 4.78 is 11.5. The SMILES string of the molecule is OC1CCCCC1CN1CCC2(CC1)OCCO2. The van der Waals surface area contributed by atoms with Gasteiger partial charge >= 0.3 is 0 Å². The zero-order chi connectivity index (χ0) is 12.4. The fourth-order valence-corrected chi connectivity index (χ4v) is 3.59. The highest BCUT2D eigenvalue weighted by molar-refractivity contribution is 4.85. The third kappa shape index (κ3) is 2.72. The van der Waals surface area contributed by atoms with Crippen LogP contribution in [0, 0.1) is 5.92 Å². The molecule has 2 unspecified atom stereocenters. The van der Waals surface area contributed by atoms with E-state index in [0.717, 1.165) is 52.1 Å². The highest BCUT2D eigenvalue weighted by Gasteiger charge is 2.40. The maximum atomic E-state index is 10.0. The van der Waals surface area contributed by atoms with Crippen molar-refractivity contribution in [3.8, 4) is 0 Å². The van der Waals surface area contributed by atoms with Gasteiger partial charge in [0.05, 0.1) is 19.3 Å². The molecule has 3 rings (SSSR count). The second kappa shape index (κ2) is 5.45. The number of ether oxygens (including phenoxy) is 2. The lowest BCUT2D eigenvalue weighted by Crippen LogP contribution is -2.47. The Morgan fingerprint density at radius 1 is 1.06 bits per heavy atom. The summed E-state index contributed by atoms with van der Waals surface area (Å²) in [5.74, 6) is 0.222. The third-order valence-corrected chi connectivity index (χ3v) is 4.79. The summed E-state index contributed by atoms with van der Waals surface area (Å²) in [7, 11) is 0. The number of aliphatic hydroxyl groups excluding tert-OH is 1. The van der Waals surface area contributed by atoms with Crippen LogP contribution >= 0.6 is 0 Å². The zero-order valence-electron chi connectivity index (χ0n) is 11.1. The Morgan fingerprint density at radius 2 is 1.72 bits per heavy atom. The van der Waals surface area contributed by atoms with Crippen molar-refractivity contribution >= 4 is 0 Å². The van der Waals surface area contributed by atoms with Crippen LogP contribution in [-0.2, 0) is 9.47 Å². The van der Waals surface area contributed by atoms with Crippen LogP contribution in [0.5, 0.6) is 0 Å². The van der Waals surface area contributed by atoms with E-state index in [-0.39, 0.29) is 11.9 Å². The molecular formula is C14H25NO3. The molecule has 1 saturated carbocycles. The van der Waals surface area contributed by atoms with Gasteiger partial charge < -0.3 is 19.5 Å². The van der Waals surface area contributed by atoms with Crippen LogP contribution < -0.4 is 0 Å². The molecule has 2 saturated heterocycles. The van der Waals surface area contributed by atoms with E-state index >= 15 is 0 Å². The van der Waals surface area contributed by atoms with Gasteiger partial charge in [-0.1, -0.05) is 12.8 Å². The Kier molecular flexibility index (Phi) is 3.89. The second-order valence-electron chi connectivity index (χ2n) is 6.02. The first-order chi connectivity index (χ1) is 8.77. The quantitative estimate of drug-likeness (QED) is 0.809. The topological polar surface area (TPSA) is 41.9 Å². The summed E-state index contributed by atoms with van der Waals surface area (Å²) in [4.78, 5) is 2.48. The van der Waals surface area contributed by atoms with Crippen molar-refractivity contribution in [2.75, 3.05) is 32.8 Å². The average molecular weight is 255 g/mol. The summed E-state index contributed by atoms with van der Waals surface area (Å²) in [6, 6.07) is 0. The van der Waals surface area contributed by atoms with E-state index in [0.29, 0.717) is 5.92 Å². The number of hydrogen-bond donors (Lipinski definition) is 1. The van der Waals surface area contributed by atoms with E-state index in [1.54, 1.807) is 0 Å². The van der Waals surface area contributed by atoms with Crippen molar-refractivity contribution in [1.82, 2.24) is 4.90 Å². The molecule has 0 aromatic heterocycles. The minimum atomic E-state index is -0.262. The zero-order valence-corrected chi connectivity index (χ0v) is 11.1. The van der Waals surface area contributed by atoms with E-state index in [1.807, 2.05) is 0 Å². The Bertz CT molecular complexity index is 268. The van der Waals surface area contributed by atoms with Gasteiger partial charge in [0.25, 0.3) is 0 Å². The molecule has 3 aliphatic rings. The molecule has 1 spiro atoms. The third-order valence-electron chi connectivity index (χ3n) is 4.79. The van der Waals surface area contributed by atoms with E-state index < -0.39 is 0 Å². The number of likely N-dealkylation sites (tertiary alicyclic amines) is 1. The fourth-order valence-electron chi connectivity index (χ4n) is 3.59. The minimum Gasteiger partial charge on any atom is -0.393 e. The monoisotopic (exact) mass is 255 g/mol. The van der Waals surface area contributed by atoms with Crippen LogP contribution in [0.3, 0.4) is 0 Å². The molecule has 0 bridgehead atoms. The molecule has 2 aliphatic heterocycles. The standard InChI is InChI=1S/C14H25NO3/c16-13-4-2-1-3-12(13)11-15-7-5-14(6-8-15)17-9-10-18-14/h12-13,16H,1-11H2. The first-order valence-corrected chi connectivity index (χ1v) is 7.46. The Labute approximate surface area is 109 Å². The Hall–Kier alpha value is -0.160. The molecule has 104 valence electrons. The summed E-state index contributed by atoms with van der Waals surface area (Å²) >= 11 is 0. The van der Waals surface area contributed by atoms with Gasteiger partial charge in [-0.15, -0.1) is 0 Å². The largest absolute Gasteiger partial charge is 0.393 e.